The standard InChI is InChI=1S/C24H29ClF3N3O2/c1-15(2)18-13-20(25)16(3)11-22(18)33-14-23(32)29-21-6-5-17(12-19(21)24(26,27)28)31-9-7-30(4)8-10-31/h5-6,11-13,15H,7-10,14H2,1-4H3,(H,29,32). The first-order valence-corrected chi connectivity index (χ1v) is 11.2. The Morgan fingerprint density at radius 2 is 1.82 bits per heavy atom. The van der Waals surface area contributed by atoms with Crippen LogP contribution in [0.25, 0.3) is 0 Å². The van der Waals surface area contributed by atoms with Crippen molar-refractivity contribution in [3.05, 3.63) is 52.0 Å². The van der Waals surface area contributed by atoms with Gasteiger partial charge >= 0.3 is 6.18 Å². The van der Waals surface area contributed by atoms with Gasteiger partial charge in [0.25, 0.3) is 5.91 Å². The fourth-order valence-corrected chi connectivity index (χ4v) is 3.89. The molecule has 1 heterocycles. The molecule has 0 unspecified atom stereocenters. The van der Waals surface area contributed by atoms with Gasteiger partial charge in [0.15, 0.2) is 6.61 Å². The molecule has 0 atom stereocenters. The van der Waals surface area contributed by atoms with Crippen LogP contribution < -0.4 is 15.0 Å². The van der Waals surface area contributed by atoms with Crippen molar-refractivity contribution >= 4 is 28.9 Å². The molecule has 0 aromatic heterocycles. The molecule has 33 heavy (non-hydrogen) atoms. The summed E-state index contributed by atoms with van der Waals surface area (Å²) in [5.41, 5.74) is 0.937. The summed E-state index contributed by atoms with van der Waals surface area (Å²) in [7, 11) is 1.98. The molecule has 5 nitrogen and oxygen atoms in total. The summed E-state index contributed by atoms with van der Waals surface area (Å²) in [5.74, 6) is -0.0845. The normalized spacial score (nSPS) is 15.1. The van der Waals surface area contributed by atoms with Crippen LogP contribution in [0.1, 0.15) is 36.5 Å². The molecule has 1 fully saturated rings. The van der Waals surface area contributed by atoms with Gasteiger partial charge in [0.05, 0.1) is 11.3 Å². The molecule has 0 radical (unpaired) electrons. The van der Waals surface area contributed by atoms with Crippen molar-refractivity contribution in [1.29, 1.82) is 0 Å². The molecule has 1 aliphatic heterocycles. The summed E-state index contributed by atoms with van der Waals surface area (Å²) in [5, 5.41) is 2.95. The van der Waals surface area contributed by atoms with E-state index in [0.29, 0.717) is 29.5 Å². The Kier molecular flexibility index (Phi) is 7.80. The van der Waals surface area contributed by atoms with E-state index >= 15 is 0 Å². The van der Waals surface area contributed by atoms with E-state index in [1.807, 2.05) is 32.7 Å². The van der Waals surface area contributed by atoms with Gasteiger partial charge in [-0.2, -0.15) is 13.2 Å². The molecular formula is C24H29ClF3N3O2. The third-order valence-electron chi connectivity index (χ3n) is 5.72. The van der Waals surface area contributed by atoms with Gasteiger partial charge in [-0.3, -0.25) is 4.79 Å². The van der Waals surface area contributed by atoms with E-state index in [9.17, 15) is 18.0 Å². The molecule has 1 amide bonds. The number of benzene rings is 2. The van der Waals surface area contributed by atoms with Crippen molar-refractivity contribution in [2.75, 3.05) is 50.1 Å². The van der Waals surface area contributed by atoms with Crippen molar-refractivity contribution in [2.45, 2.75) is 32.9 Å². The van der Waals surface area contributed by atoms with Crippen LogP contribution >= 0.6 is 11.6 Å². The molecule has 1 N–H and O–H groups in total. The predicted octanol–water partition coefficient (Wildman–Crippen LogP) is 5.56. The number of likely N-dealkylation sites (N-methyl/N-ethyl adjacent to an activating group) is 1. The highest BCUT2D eigenvalue weighted by atomic mass is 35.5. The molecule has 0 spiro atoms. The van der Waals surface area contributed by atoms with Crippen molar-refractivity contribution in [3.8, 4) is 5.75 Å². The van der Waals surface area contributed by atoms with Gasteiger partial charge in [-0.05, 0) is 61.3 Å². The first kappa shape index (κ1) is 25.2. The quantitative estimate of drug-likeness (QED) is 0.584. The lowest BCUT2D eigenvalue weighted by Crippen LogP contribution is -2.44. The second kappa shape index (κ2) is 10.2. The Balaban J connectivity index is 1.75. The Labute approximate surface area is 197 Å². The number of ether oxygens (including phenoxy) is 1. The lowest BCUT2D eigenvalue weighted by atomic mass is 10.0. The fraction of sp³-hybridized carbons (Fsp3) is 0.458. The van der Waals surface area contributed by atoms with Crippen LogP contribution in [0.4, 0.5) is 24.5 Å². The van der Waals surface area contributed by atoms with Gasteiger partial charge in [0.1, 0.15) is 5.75 Å². The maximum atomic E-state index is 13.8. The molecule has 9 heteroatoms. The number of nitrogens with zero attached hydrogens (tertiary/aromatic N) is 2. The van der Waals surface area contributed by atoms with Crippen molar-refractivity contribution in [3.63, 3.8) is 0 Å². The molecular weight excluding hydrogens is 455 g/mol. The Morgan fingerprint density at radius 3 is 2.42 bits per heavy atom. The van der Waals surface area contributed by atoms with Crippen molar-refractivity contribution in [1.82, 2.24) is 4.90 Å². The van der Waals surface area contributed by atoms with Gasteiger partial charge in [-0.25, -0.2) is 0 Å². The topological polar surface area (TPSA) is 44.8 Å². The summed E-state index contributed by atoms with van der Waals surface area (Å²) in [4.78, 5) is 16.5. The van der Waals surface area contributed by atoms with Crippen LogP contribution in [0.3, 0.4) is 0 Å². The Morgan fingerprint density at radius 1 is 1.15 bits per heavy atom. The summed E-state index contributed by atoms with van der Waals surface area (Å²) in [6, 6.07) is 7.53. The van der Waals surface area contributed by atoms with E-state index in [0.717, 1.165) is 30.3 Å². The van der Waals surface area contributed by atoms with E-state index in [1.54, 1.807) is 18.2 Å². The number of piperazine rings is 1. The number of rotatable bonds is 6. The number of amides is 1. The number of carbonyl (C=O) groups excluding carboxylic acids is 1. The zero-order chi connectivity index (χ0) is 24.3. The van der Waals surface area contributed by atoms with Crippen LogP contribution in [0, 0.1) is 6.92 Å². The van der Waals surface area contributed by atoms with E-state index in [-0.39, 0.29) is 11.6 Å². The number of carbonyl (C=O) groups is 1. The number of anilines is 2. The van der Waals surface area contributed by atoms with E-state index < -0.39 is 24.3 Å². The van der Waals surface area contributed by atoms with E-state index in [1.165, 1.54) is 6.07 Å². The number of halogens is 4. The van der Waals surface area contributed by atoms with E-state index in [4.69, 9.17) is 16.3 Å². The van der Waals surface area contributed by atoms with E-state index in [2.05, 4.69) is 10.2 Å². The minimum absolute atomic E-state index is 0.0973. The van der Waals surface area contributed by atoms with Crippen LogP contribution in [0.5, 0.6) is 5.75 Å². The lowest BCUT2D eigenvalue weighted by molar-refractivity contribution is -0.137. The third-order valence-corrected chi connectivity index (χ3v) is 6.13. The van der Waals surface area contributed by atoms with Crippen molar-refractivity contribution < 1.29 is 22.7 Å². The summed E-state index contributed by atoms with van der Waals surface area (Å²) >= 11 is 6.19. The summed E-state index contributed by atoms with van der Waals surface area (Å²) in [6.07, 6.45) is -4.61. The summed E-state index contributed by atoms with van der Waals surface area (Å²) < 4.78 is 46.9. The van der Waals surface area contributed by atoms with Gasteiger partial charge in [0.2, 0.25) is 0 Å². The molecule has 0 aliphatic carbocycles. The van der Waals surface area contributed by atoms with Crippen LogP contribution in [0.2, 0.25) is 5.02 Å². The smallest absolute Gasteiger partial charge is 0.418 e. The maximum absolute atomic E-state index is 13.8. The highest BCUT2D eigenvalue weighted by Crippen LogP contribution is 2.38. The van der Waals surface area contributed by atoms with Gasteiger partial charge in [-0.1, -0.05) is 25.4 Å². The van der Waals surface area contributed by atoms with Crippen LogP contribution in [-0.2, 0) is 11.0 Å². The number of alkyl halides is 3. The van der Waals surface area contributed by atoms with Crippen LogP contribution in [-0.4, -0.2) is 50.6 Å². The average molecular weight is 484 g/mol. The molecule has 2 aromatic rings. The molecule has 0 bridgehead atoms. The van der Waals surface area contributed by atoms with Gasteiger partial charge in [-0.15, -0.1) is 0 Å². The monoisotopic (exact) mass is 483 g/mol. The zero-order valence-electron chi connectivity index (χ0n) is 19.2. The Hall–Kier alpha value is -2.45. The molecule has 1 aliphatic rings. The molecule has 1 saturated heterocycles. The number of aryl methyl sites for hydroxylation is 1. The highest BCUT2D eigenvalue weighted by Gasteiger charge is 2.35. The summed E-state index contributed by atoms with van der Waals surface area (Å²) in [6.45, 7) is 8.17. The third kappa shape index (κ3) is 6.32. The number of hydrogen-bond acceptors (Lipinski definition) is 4. The molecule has 180 valence electrons. The Bertz CT molecular complexity index is 1000. The molecule has 2 aromatic carbocycles. The minimum Gasteiger partial charge on any atom is -0.483 e. The first-order valence-electron chi connectivity index (χ1n) is 10.8. The lowest BCUT2D eigenvalue weighted by Gasteiger charge is -2.34. The minimum atomic E-state index is -4.61. The predicted molar refractivity (Wildman–Crippen MR) is 126 cm³/mol. The highest BCUT2D eigenvalue weighted by molar-refractivity contribution is 6.31. The molecule has 3 rings (SSSR count). The first-order chi connectivity index (χ1) is 15.5. The van der Waals surface area contributed by atoms with Crippen molar-refractivity contribution in [2.24, 2.45) is 0 Å². The fourth-order valence-electron chi connectivity index (χ4n) is 3.71. The zero-order valence-corrected chi connectivity index (χ0v) is 20.0. The van der Waals surface area contributed by atoms with Crippen LogP contribution in [0.15, 0.2) is 30.3 Å². The maximum Gasteiger partial charge on any atom is 0.418 e. The number of nitrogens with one attached hydrogen (secondary N) is 1. The molecule has 0 saturated carbocycles. The second-order valence-corrected chi connectivity index (χ2v) is 9.06. The SMILES string of the molecule is Cc1cc(OCC(=O)Nc2ccc(N3CCN(C)CC3)cc2C(F)(F)F)c(C(C)C)cc1Cl. The van der Waals surface area contributed by atoms with Gasteiger partial charge < -0.3 is 19.9 Å². The second-order valence-electron chi connectivity index (χ2n) is 8.65. The largest absolute Gasteiger partial charge is 0.483 e. The van der Waals surface area contributed by atoms with Gasteiger partial charge in [0, 0.05) is 36.9 Å². The average Bonchev–Trinajstić information content (AvgIpc) is 2.74. The number of hydrogen-bond donors (Lipinski definition) is 1.